The molecule has 0 spiro atoms. The molecule has 0 unspecified atom stereocenters. The van der Waals surface area contributed by atoms with E-state index in [1.807, 2.05) is 0 Å². The van der Waals surface area contributed by atoms with Crippen LogP contribution in [0.25, 0.3) is 0 Å². The zero-order valence-corrected chi connectivity index (χ0v) is 6.54. The van der Waals surface area contributed by atoms with Crippen molar-refractivity contribution in [3.63, 3.8) is 0 Å². The van der Waals surface area contributed by atoms with E-state index >= 15 is 0 Å². The van der Waals surface area contributed by atoms with Gasteiger partial charge in [-0.05, 0) is 18.8 Å². The van der Waals surface area contributed by atoms with E-state index in [9.17, 15) is 4.79 Å². The molecule has 1 aliphatic rings. The predicted octanol–water partition coefficient (Wildman–Crippen LogP) is 0.679. The Morgan fingerprint density at radius 1 is 1.73 bits per heavy atom. The number of methoxy groups -OCH3 is 1. The van der Waals surface area contributed by atoms with Crippen molar-refractivity contribution in [2.75, 3.05) is 13.7 Å². The van der Waals surface area contributed by atoms with Gasteiger partial charge in [-0.3, -0.25) is 0 Å². The molecule has 11 heavy (non-hydrogen) atoms. The standard InChI is InChI=1S/C7H13NO3/c1-11-4-5-2-6(3-5)8-7(9)10/h5-6,8H,2-4H2,1H3,(H,9,10)/t5-,6-. The number of nitrogens with one attached hydrogen (secondary N) is 1. The quantitative estimate of drug-likeness (QED) is 0.636. The normalized spacial score (nSPS) is 29.2. The zero-order valence-electron chi connectivity index (χ0n) is 6.54. The summed E-state index contributed by atoms with van der Waals surface area (Å²) in [6.07, 6.45) is 0.908. The first-order valence-electron chi connectivity index (χ1n) is 3.70. The van der Waals surface area contributed by atoms with Gasteiger partial charge >= 0.3 is 6.09 Å². The summed E-state index contributed by atoms with van der Waals surface area (Å²) in [5.41, 5.74) is 0. The third-order valence-electron chi connectivity index (χ3n) is 1.97. The molecule has 0 atom stereocenters. The zero-order chi connectivity index (χ0) is 8.27. The topological polar surface area (TPSA) is 58.6 Å². The number of ether oxygens (including phenoxy) is 1. The van der Waals surface area contributed by atoms with Gasteiger partial charge in [0.05, 0.1) is 0 Å². The molecule has 0 saturated heterocycles. The third kappa shape index (κ3) is 2.38. The van der Waals surface area contributed by atoms with Gasteiger partial charge in [-0.25, -0.2) is 4.79 Å². The summed E-state index contributed by atoms with van der Waals surface area (Å²) in [6, 6.07) is 0.160. The summed E-state index contributed by atoms with van der Waals surface area (Å²) in [5.74, 6) is 0.553. The maximum atomic E-state index is 10.1. The molecule has 0 aromatic carbocycles. The Morgan fingerprint density at radius 2 is 2.36 bits per heavy atom. The predicted molar refractivity (Wildman–Crippen MR) is 39.5 cm³/mol. The maximum absolute atomic E-state index is 10.1. The van der Waals surface area contributed by atoms with Gasteiger partial charge in [0.25, 0.3) is 0 Å². The summed E-state index contributed by atoms with van der Waals surface area (Å²) in [7, 11) is 1.66. The molecule has 64 valence electrons. The Morgan fingerprint density at radius 3 is 2.82 bits per heavy atom. The highest BCUT2D eigenvalue weighted by Gasteiger charge is 2.29. The lowest BCUT2D eigenvalue weighted by atomic mass is 9.81. The van der Waals surface area contributed by atoms with Crippen LogP contribution in [0.2, 0.25) is 0 Å². The number of hydrogen-bond donors (Lipinski definition) is 2. The van der Waals surface area contributed by atoms with Crippen LogP contribution in [0.15, 0.2) is 0 Å². The summed E-state index contributed by atoms with van der Waals surface area (Å²) >= 11 is 0. The SMILES string of the molecule is COC[C@H]1C[C@H](NC(=O)O)C1. The van der Waals surface area contributed by atoms with Crippen LogP contribution in [0.3, 0.4) is 0 Å². The Bertz CT molecular complexity index is 143. The van der Waals surface area contributed by atoms with Gasteiger partial charge in [0, 0.05) is 19.8 Å². The average molecular weight is 159 g/mol. The van der Waals surface area contributed by atoms with Crippen LogP contribution in [0.1, 0.15) is 12.8 Å². The van der Waals surface area contributed by atoms with E-state index in [-0.39, 0.29) is 6.04 Å². The van der Waals surface area contributed by atoms with Gasteiger partial charge < -0.3 is 15.2 Å². The first-order valence-corrected chi connectivity index (χ1v) is 3.70. The van der Waals surface area contributed by atoms with Crippen LogP contribution in [0.4, 0.5) is 4.79 Å². The average Bonchev–Trinajstić information content (AvgIpc) is 1.82. The monoisotopic (exact) mass is 159 g/mol. The highest BCUT2D eigenvalue weighted by molar-refractivity contribution is 5.64. The fraction of sp³-hybridized carbons (Fsp3) is 0.857. The largest absolute Gasteiger partial charge is 0.465 e. The molecular formula is C7H13NO3. The molecule has 0 aromatic rings. The van der Waals surface area contributed by atoms with Gasteiger partial charge in [-0.2, -0.15) is 0 Å². The summed E-state index contributed by atoms with van der Waals surface area (Å²) < 4.78 is 4.92. The van der Waals surface area contributed by atoms with Crippen molar-refractivity contribution in [3.8, 4) is 0 Å². The lowest BCUT2D eigenvalue weighted by Gasteiger charge is -2.34. The van der Waals surface area contributed by atoms with Crippen molar-refractivity contribution in [2.24, 2.45) is 5.92 Å². The molecule has 1 fully saturated rings. The lowest BCUT2D eigenvalue weighted by Crippen LogP contribution is -2.44. The van der Waals surface area contributed by atoms with Crippen molar-refractivity contribution in [3.05, 3.63) is 0 Å². The molecule has 0 aliphatic heterocycles. The van der Waals surface area contributed by atoms with Crippen molar-refractivity contribution in [2.45, 2.75) is 18.9 Å². The Hall–Kier alpha value is -0.770. The van der Waals surface area contributed by atoms with Crippen LogP contribution >= 0.6 is 0 Å². The smallest absolute Gasteiger partial charge is 0.404 e. The van der Waals surface area contributed by atoms with Crippen molar-refractivity contribution in [1.29, 1.82) is 0 Å². The molecule has 0 aromatic heterocycles. The van der Waals surface area contributed by atoms with Gasteiger partial charge in [0.15, 0.2) is 0 Å². The van der Waals surface area contributed by atoms with E-state index < -0.39 is 6.09 Å². The molecule has 4 nitrogen and oxygen atoms in total. The lowest BCUT2D eigenvalue weighted by molar-refractivity contribution is 0.0869. The van der Waals surface area contributed by atoms with E-state index in [0.717, 1.165) is 19.4 Å². The number of carbonyl (C=O) groups is 1. The van der Waals surface area contributed by atoms with E-state index in [2.05, 4.69) is 5.32 Å². The van der Waals surface area contributed by atoms with Crippen LogP contribution in [-0.4, -0.2) is 31.0 Å². The summed E-state index contributed by atoms with van der Waals surface area (Å²) in [5, 5.41) is 10.8. The van der Waals surface area contributed by atoms with Gasteiger partial charge in [-0.15, -0.1) is 0 Å². The molecule has 4 heteroatoms. The number of rotatable bonds is 3. The number of hydrogen-bond acceptors (Lipinski definition) is 2. The second-order valence-corrected chi connectivity index (χ2v) is 2.94. The highest BCUT2D eigenvalue weighted by atomic mass is 16.5. The molecule has 1 rings (SSSR count). The van der Waals surface area contributed by atoms with E-state index in [0.29, 0.717) is 5.92 Å². The van der Waals surface area contributed by atoms with Crippen LogP contribution in [0, 0.1) is 5.92 Å². The fourth-order valence-corrected chi connectivity index (χ4v) is 1.40. The molecule has 0 radical (unpaired) electrons. The molecule has 2 N–H and O–H groups in total. The summed E-state index contributed by atoms with van der Waals surface area (Å²) in [4.78, 5) is 10.1. The van der Waals surface area contributed by atoms with Crippen LogP contribution in [0.5, 0.6) is 0 Å². The van der Waals surface area contributed by atoms with Crippen molar-refractivity contribution >= 4 is 6.09 Å². The van der Waals surface area contributed by atoms with Crippen molar-refractivity contribution < 1.29 is 14.6 Å². The van der Waals surface area contributed by atoms with Crippen LogP contribution < -0.4 is 5.32 Å². The van der Waals surface area contributed by atoms with Gasteiger partial charge in [-0.1, -0.05) is 0 Å². The minimum atomic E-state index is -0.925. The molecule has 0 bridgehead atoms. The minimum absolute atomic E-state index is 0.160. The third-order valence-corrected chi connectivity index (χ3v) is 1.97. The molecular weight excluding hydrogens is 146 g/mol. The molecule has 1 amide bonds. The Balaban J connectivity index is 2.04. The maximum Gasteiger partial charge on any atom is 0.404 e. The second-order valence-electron chi connectivity index (χ2n) is 2.94. The first-order chi connectivity index (χ1) is 5.22. The molecule has 0 heterocycles. The summed E-state index contributed by atoms with van der Waals surface area (Å²) in [6.45, 7) is 0.748. The van der Waals surface area contributed by atoms with Crippen molar-refractivity contribution in [1.82, 2.24) is 5.32 Å². The number of amides is 1. The van der Waals surface area contributed by atoms with Gasteiger partial charge in [0.1, 0.15) is 0 Å². The van der Waals surface area contributed by atoms with E-state index in [4.69, 9.17) is 9.84 Å². The second kappa shape index (κ2) is 3.57. The fourth-order valence-electron chi connectivity index (χ4n) is 1.40. The van der Waals surface area contributed by atoms with E-state index in [1.54, 1.807) is 7.11 Å². The van der Waals surface area contributed by atoms with E-state index in [1.165, 1.54) is 0 Å². The molecule has 1 aliphatic carbocycles. The minimum Gasteiger partial charge on any atom is -0.465 e. The van der Waals surface area contributed by atoms with Gasteiger partial charge in [0.2, 0.25) is 0 Å². The Kier molecular flexibility index (Phi) is 2.70. The Labute approximate surface area is 65.5 Å². The first kappa shape index (κ1) is 8.33. The molecule has 1 saturated carbocycles. The number of carboxylic acid groups (broad SMARTS) is 1. The highest BCUT2D eigenvalue weighted by Crippen LogP contribution is 2.27. The van der Waals surface area contributed by atoms with Crippen LogP contribution in [-0.2, 0) is 4.74 Å².